The van der Waals surface area contributed by atoms with Crippen molar-refractivity contribution >= 4 is 46.9 Å². The van der Waals surface area contributed by atoms with Crippen molar-refractivity contribution in [3.63, 3.8) is 0 Å². The molecule has 0 saturated heterocycles. The lowest BCUT2D eigenvalue weighted by Crippen LogP contribution is -2.22. The van der Waals surface area contributed by atoms with Crippen LogP contribution in [0.1, 0.15) is 24.0 Å². The average molecular weight is 522 g/mol. The van der Waals surface area contributed by atoms with Crippen LogP contribution in [0.4, 0.5) is 17.1 Å². The Kier molecular flexibility index (Phi) is 7.92. The number of halogens is 1. The summed E-state index contributed by atoms with van der Waals surface area (Å²) in [5.41, 5.74) is 15.1. The highest BCUT2D eigenvalue weighted by Gasteiger charge is 2.25. The number of aromatic nitrogens is 1. The molecule has 0 atom stereocenters. The van der Waals surface area contributed by atoms with Crippen molar-refractivity contribution in [3.8, 4) is 11.1 Å². The number of carbonyl (C=O) groups is 1. The van der Waals surface area contributed by atoms with E-state index in [4.69, 9.17) is 17.3 Å². The molecule has 0 spiro atoms. The van der Waals surface area contributed by atoms with Crippen LogP contribution in [-0.2, 0) is 11.2 Å². The zero-order chi connectivity index (χ0) is 26.3. The van der Waals surface area contributed by atoms with E-state index < -0.39 is 0 Å². The maximum atomic E-state index is 11.4. The van der Waals surface area contributed by atoms with Crippen LogP contribution < -0.4 is 16.1 Å². The van der Waals surface area contributed by atoms with Gasteiger partial charge in [0.25, 0.3) is 0 Å². The number of anilines is 3. The lowest BCUT2D eigenvalue weighted by molar-refractivity contribution is -0.102. The minimum Gasteiger partial charge on any atom is -0.354 e. The minimum atomic E-state index is 0.525. The molecule has 5 rings (SSSR count). The van der Waals surface area contributed by atoms with Gasteiger partial charge in [-0.2, -0.15) is 5.10 Å². The normalized spacial score (nSPS) is 12.9. The number of aryl methyl sites for hydroxylation is 1. The van der Waals surface area contributed by atoms with Gasteiger partial charge in [-0.05, 0) is 90.5 Å². The molecule has 0 unspecified atom stereocenters. The molecule has 0 saturated carbocycles. The van der Waals surface area contributed by atoms with Gasteiger partial charge in [-0.15, -0.1) is 0 Å². The van der Waals surface area contributed by atoms with Crippen LogP contribution in [-0.4, -0.2) is 24.0 Å². The van der Waals surface area contributed by atoms with Crippen LogP contribution in [0.5, 0.6) is 0 Å². The highest BCUT2D eigenvalue weighted by atomic mass is 35.5. The Morgan fingerprint density at radius 3 is 2.58 bits per heavy atom. The maximum absolute atomic E-state index is 11.4. The molecule has 1 aliphatic rings. The van der Waals surface area contributed by atoms with Crippen LogP contribution >= 0.6 is 11.6 Å². The molecule has 3 aromatic carbocycles. The average Bonchev–Trinajstić information content (AvgIpc) is 2.96. The minimum absolute atomic E-state index is 0.525. The number of hydrazone groups is 1. The van der Waals surface area contributed by atoms with Crippen molar-refractivity contribution in [2.75, 3.05) is 16.9 Å². The van der Waals surface area contributed by atoms with Crippen LogP contribution in [0.25, 0.3) is 16.8 Å². The van der Waals surface area contributed by atoms with Crippen molar-refractivity contribution in [3.05, 3.63) is 113 Å². The SMILES string of the molecule is NCCC1=C(N(/N=C/C=O)c2ccc(-c3cccnc3)cc2)c2cc(Nc3ccccc3Cl)ccc2CC1. The number of hydrogen-bond acceptors (Lipinski definition) is 6. The summed E-state index contributed by atoms with van der Waals surface area (Å²) < 4.78 is 0. The number of hydrogen-bond donors (Lipinski definition) is 2. The number of nitrogens with zero attached hydrogens (tertiary/aromatic N) is 3. The molecule has 0 aliphatic heterocycles. The van der Waals surface area contributed by atoms with E-state index in [1.165, 1.54) is 17.4 Å². The largest absolute Gasteiger partial charge is 0.354 e. The number of para-hydroxylation sites is 1. The fourth-order valence-electron chi connectivity index (χ4n) is 4.76. The van der Waals surface area contributed by atoms with Gasteiger partial charge in [0, 0.05) is 23.6 Å². The molecule has 4 aromatic rings. The third-order valence-corrected chi connectivity index (χ3v) is 6.89. The van der Waals surface area contributed by atoms with Gasteiger partial charge in [0.1, 0.15) is 0 Å². The van der Waals surface area contributed by atoms with E-state index in [-0.39, 0.29) is 0 Å². The van der Waals surface area contributed by atoms with Gasteiger partial charge in [-0.3, -0.25) is 9.78 Å². The quantitative estimate of drug-likeness (QED) is 0.143. The monoisotopic (exact) mass is 521 g/mol. The predicted molar refractivity (Wildman–Crippen MR) is 157 cm³/mol. The number of pyridine rings is 1. The molecular formula is C31H28ClN5O. The standard InChI is InChI=1S/C31H28ClN5O/c32-29-5-1-2-6-30(29)36-26-12-9-23-7-8-24(15-16-33)31(28(23)20-26)37(35-18-19-38)27-13-10-22(11-14-27)25-4-3-17-34-21-25/h1-6,9-14,17-21,36H,7-8,15-16,33H2/b35-18+. The van der Waals surface area contributed by atoms with E-state index >= 15 is 0 Å². The third-order valence-electron chi connectivity index (χ3n) is 6.56. The Bertz CT molecular complexity index is 1480. The van der Waals surface area contributed by atoms with Gasteiger partial charge < -0.3 is 11.1 Å². The molecule has 6 nitrogen and oxygen atoms in total. The van der Waals surface area contributed by atoms with Gasteiger partial charge in [0.05, 0.1) is 28.3 Å². The van der Waals surface area contributed by atoms with Gasteiger partial charge in [0.15, 0.2) is 6.29 Å². The van der Waals surface area contributed by atoms with Crippen LogP contribution in [0.3, 0.4) is 0 Å². The third kappa shape index (κ3) is 5.52. The van der Waals surface area contributed by atoms with E-state index in [2.05, 4.69) is 33.6 Å². The van der Waals surface area contributed by atoms with Gasteiger partial charge in [-0.1, -0.05) is 48.0 Å². The first-order valence-electron chi connectivity index (χ1n) is 12.5. The lowest BCUT2D eigenvalue weighted by atomic mass is 9.87. The summed E-state index contributed by atoms with van der Waals surface area (Å²) in [7, 11) is 0. The number of nitrogens with two attached hydrogens (primary N) is 1. The topological polar surface area (TPSA) is 83.6 Å². The van der Waals surface area contributed by atoms with Gasteiger partial charge in [-0.25, -0.2) is 5.01 Å². The highest BCUT2D eigenvalue weighted by molar-refractivity contribution is 6.33. The Labute approximate surface area is 227 Å². The fraction of sp³-hybridized carbons (Fsp3) is 0.129. The van der Waals surface area contributed by atoms with Crippen molar-refractivity contribution in [1.82, 2.24) is 4.98 Å². The Hall–Kier alpha value is -4.26. The highest BCUT2D eigenvalue weighted by Crippen LogP contribution is 2.40. The van der Waals surface area contributed by atoms with Crippen molar-refractivity contribution in [1.29, 1.82) is 0 Å². The van der Waals surface area contributed by atoms with E-state index in [1.807, 2.05) is 71.9 Å². The first kappa shape index (κ1) is 25.4. The number of aldehydes is 1. The maximum Gasteiger partial charge on any atom is 0.162 e. The summed E-state index contributed by atoms with van der Waals surface area (Å²) in [6, 6.07) is 26.0. The van der Waals surface area contributed by atoms with Crippen LogP contribution in [0, 0.1) is 0 Å². The molecular weight excluding hydrogens is 494 g/mol. The molecule has 0 amide bonds. The van der Waals surface area contributed by atoms with Gasteiger partial charge in [0.2, 0.25) is 0 Å². The van der Waals surface area contributed by atoms with Crippen LogP contribution in [0.2, 0.25) is 5.02 Å². The molecule has 1 heterocycles. The molecule has 190 valence electrons. The summed E-state index contributed by atoms with van der Waals surface area (Å²) >= 11 is 6.41. The van der Waals surface area contributed by atoms with Crippen LogP contribution in [0.15, 0.2) is 102 Å². The molecule has 0 bridgehead atoms. The number of fused-ring (bicyclic) bond motifs is 1. The summed E-state index contributed by atoms with van der Waals surface area (Å²) in [6.07, 6.45) is 8.08. The zero-order valence-electron chi connectivity index (χ0n) is 20.8. The van der Waals surface area contributed by atoms with Crippen molar-refractivity contribution in [2.24, 2.45) is 10.8 Å². The summed E-state index contributed by atoms with van der Waals surface area (Å²) in [5.74, 6) is 0. The Morgan fingerprint density at radius 1 is 1.00 bits per heavy atom. The second kappa shape index (κ2) is 11.9. The lowest BCUT2D eigenvalue weighted by Gasteiger charge is -2.31. The van der Waals surface area contributed by atoms with Crippen molar-refractivity contribution < 1.29 is 4.79 Å². The molecule has 38 heavy (non-hydrogen) atoms. The first-order valence-corrected chi connectivity index (χ1v) is 12.9. The summed E-state index contributed by atoms with van der Waals surface area (Å²) in [6.45, 7) is 0.525. The number of rotatable bonds is 9. The molecule has 7 heteroatoms. The smallest absolute Gasteiger partial charge is 0.162 e. The summed E-state index contributed by atoms with van der Waals surface area (Å²) in [4.78, 5) is 15.6. The van der Waals surface area contributed by atoms with E-state index in [1.54, 1.807) is 6.20 Å². The number of benzene rings is 3. The van der Waals surface area contributed by atoms with Crippen molar-refractivity contribution in [2.45, 2.75) is 19.3 Å². The molecule has 0 radical (unpaired) electrons. The fourth-order valence-corrected chi connectivity index (χ4v) is 4.95. The van der Waals surface area contributed by atoms with E-state index in [9.17, 15) is 4.79 Å². The Balaban J connectivity index is 1.59. The number of carbonyl (C=O) groups excluding carboxylic acids is 1. The summed E-state index contributed by atoms with van der Waals surface area (Å²) in [5, 5.41) is 10.5. The Morgan fingerprint density at radius 2 is 1.84 bits per heavy atom. The first-order chi connectivity index (χ1) is 18.7. The second-order valence-electron chi connectivity index (χ2n) is 8.97. The predicted octanol–water partition coefficient (Wildman–Crippen LogP) is 6.84. The van der Waals surface area contributed by atoms with Gasteiger partial charge >= 0.3 is 0 Å². The molecule has 1 aromatic heterocycles. The number of nitrogens with one attached hydrogen (secondary N) is 1. The second-order valence-corrected chi connectivity index (χ2v) is 9.38. The van der Waals surface area contributed by atoms with E-state index in [0.717, 1.165) is 58.7 Å². The molecule has 0 fully saturated rings. The zero-order valence-corrected chi connectivity index (χ0v) is 21.6. The molecule has 3 N–H and O–H groups in total. The van der Waals surface area contributed by atoms with E-state index in [0.29, 0.717) is 17.9 Å². The molecule has 1 aliphatic carbocycles.